The van der Waals surface area contributed by atoms with E-state index in [1.807, 2.05) is 0 Å². The molecule has 0 aliphatic rings. The zero-order chi connectivity index (χ0) is 13.8. The van der Waals surface area contributed by atoms with Gasteiger partial charge in [-0.15, -0.1) is 0 Å². The van der Waals surface area contributed by atoms with Crippen molar-refractivity contribution in [2.24, 2.45) is 5.73 Å². The average Bonchev–Trinajstić information content (AvgIpc) is 2.36. The zero-order valence-corrected chi connectivity index (χ0v) is 12.1. The lowest BCUT2D eigenvalue weighted by molar-refractivity contribution is 0.649. The van der Waals surface area contributed by atoms with Crippen LogP contribution in [0.25, 0.3) is 0 Å². The SMILES string of the molecule is Cc1cc(C)cc(C(N)CCc2ccccc2C)c1. The summed E-state index contributed by atoms with van der Waals surface area (Å²) in [4.78, 5) is 0. The Kier molecular flexibility index (Phi) is 4.39. The van der Waals surface area contributed by atoms with Crippen molar-refractivity contribution in [1.82, 2.24) is 0 Å². The molecule has 2 aromatic carbocycles. The molecule has 1 nitrogen and oxygen atoms in total. The molecule has 0 saturated carbocycles. The van der Waals surface area contributed by atoms with E-state index in [2.05, 4.69) is 63.2 Å². The fourth-order valence-electron chi connectivity index (χ4n) is 2.59. The summed E-state index contributed by atoms with van der Waals surface area (Å²) in [6, 6.07) is 15.3. The van der Waals surface area contributed by atoms with Gasteiger partial charge < -0.3 is 5.73 Å². The Hall–Kier alpha value is -1.60. The molecule has 2 N–H and O–H groups in total. The lowest BCUT2D eigenvalue weighted by Crippen LogP contribution is -2.12. The van der Waals surface area contributed by atoms with Gasteiger partial charge in [0.05, 0.1) is 0 Å². The Bertz CT molecular complexity index is 537. The molecule has 0 aliphatic carbocycles. The number of hydrogen-bond acceptors (Lipinski definition) is 1. The molecule has 1 heteroatoms. The van der Waals surface area contributed by atoms with E-state index in [1.54, 1.807) is 0 Å². The van der Waals surface area contributed by atoms with Gasteiger partial charge in [0.1, 0.15) is 0 Å². The number of hydrogen-bond donors (Lipinski definition) is 1. The van der Waals surface area contributed by atoms with Gasteiger partial charge in [-0.1, -0.05) is 53.6 Å². The highest BCUT2D eigenvalue weighted by Gasteiger charge is 2.08. The molecule has 1 unspecified atom stereocenters. The van der Waals surface area contributed by atoms with E-state index < -0.39 is 0 Å². The Morgan fingerprint density at radius 1 is 0.947 bits per heavy atom. The van der Waals surface area contributed by atoms with Gasteiger partial charge in [-0.3, -0.25) is 0 Å². The van der Waals surface area contributed by atoms with Crippen molar-refractivity contribution >= 4 is 0 Å². The first-order valence-electron chi connectivity index (χ1n) is 6.94. The molecule has 0 saturated heterocycles. The summed E-state index contributed by atoms with van der Waals surface area (Å²) in [7, 11) is 0. The number of aryl methyl sites for hydroxylation is 4. The molecule has 0 aromatic heterocycles. The molecule has 0 heterocycles. The van der Waals surface area contributed by atoms with Crippen molar-refractivity contribution in [3.05, 3.63) is 70.3 Å². The Morgan fingerprint density at radius 3 is 2.21 bits per heavy atom. The molecular weight excluding hydrogens is 230 g/mol. The van der Waals surface area contributed by atoms with Crippen molar-refractivity contribution in [1.29, 1.82) is 0 Å². The van der Waals surface area contributed by atoms with Gasteiger partial charge in [0.25, 0.3) is 0 Å². The second kappa shape index (κ2) is 6.03. The minimum absolute atomic E-state index is 0.123. The molecule has 19 heavy (non-hydrogen) atoms. The lowest BCUT2D eigenvalue weighted by atomic mass is 9.95. The summed E-state index contributed by atoms with van der Waals surface area (Å²) in [5.74, 6) is 0. The Balaban J connectivity index is 2.05. The van der Waals surface area contributed by atoms with Crippen molar-refractivity contribution in [3.63, 3.8) is 0 Å². The molecule has 0 bridgehead atoms. The van der Waals surface area contributed by atoms with E-state index >= 15 is 0 Å². The average molecular weight is 253 g/mol. The summed E-state index contributed by atoms with van der Waals surface area (Å²) in [5, 5.41) is 0. The lowest BCUT2D eigenvalue weighted by Gasteiger charge is -2.14. The van der Waals surface area contributed by atoms with E-state index in [9.17, 15) is 0 Å². The molecule has 1 atom stereocenters. The first-order chi connectivity index (χ1) is 9.06. The zero-order valence-electron chi connectivity index (χ0n) is 12.1. The fourth-order valence-corrected chi connectivity index (χ4v) is 2.59. The van der Waals surface area contributed by atoms with Gasteiger partial charge in [-0.2, -0.15) is 0 Å². The number of benzene rings is 2. The molecule has 0 aliphatic heterocycles. The second-order valence-corrected chi connectivity index (χ2v) is 5.49. The molecule has 0 radical (unpaired) electrons. The Morgan fingerprint density at radius 2 is 1.58 bits per heavy atom. The van der Waals surface area contributed by atoms with Crippen LogP contribution in [0.4, 0.5) is 0 Å². The van der Waals surface area contributed by atoms with Crippen LogP contribution in [0.1, 0.15) is 40.3 Å². The maximum absolute atomic E-state index is 6.33. The third kappa shape index (κ3) is 3.68. The largest absolute Gasteiger partial charge is 0.324 e. The van der Waals surface area contributed by atoms with Crippen LogP contribution in [0, 0.1) is 20.8 Å². The highest BCUT2D eigenvalue weighted by molar-refractivity contribution is 5.31. The molecule has 0 fully saturated rings. The summed E-state index contributed by atoms with van der Waals surface area (Å²) in [5.41, 5.74) is 12.9. The van der Waals surface area contributed by atoms with Gasteiger partial charge in [-0.25, -0.2) is 0 Å². The van der Waals surface area contributed by atoms with E-state index in [4.69, 9.17) is 5.73 Å². The monoisotopic (exact) mass is 253 g/mol. The molecule has 2 aromatic rings. The standard InChI is InChI=1S/C18H23N/c1-13-10-14(2)12-17(11-13)18(19)9-8-16-7-5-4-6-15(16)3/h4-7,10-12,18H,8-9,19H2,1-3H3. The van der Waals surface area contributed by atoms with E-state index in [1.165, 1.54) is 27.8 Å². The first-order valence-corrected chi connectivity index (χ1v) is 6.94. The second-order valence-electron chi connectivity index (χ2n) is 5.49. The summed E-state index contributed by atoms with van der Waals surface area (Å²) < 4.78 is 0. The van der Waals surface area contributed by atoms with Crippen LogP contribution < -0.4 is 5.73 Å². The highest BCUT2D eigenvalue weighted by atomic mass is 14.6. The fraction of sp³-hybridized carbons (Fsp3) is 0.333. The van der Waals surface area contributed by atoms with Crippen molar-refractivity contribution < 1.29 is 0 Å². The van der Waals surface area contributed by atoms with E-state index in [0.29, 0.717) is 0 Å². The number of rotatable bonds is 4. The molecule has 0 amide bonds. The summed E-state index contributed by atoms with van der Waals surface area (Å²) in [6.07, 6.45) is 2.04. The summed E-state index contributed by atoms with van der Waals surface area (Å²) >= 11 is 0. The van der Waals surface area contributed by atoms with E-state index in [0.717, 1.165) is 12.8 Å². The van der Waals surface area contributed by atoms with Gasteiger partial charge in [0.2, 0.25) is 0 Å². The normalized spacial score (nSPS) is 12.4. The summed E-state index contributed by atoms with van der Waals surface area (Å²) in [6.45, 7) is 6.42. The van der Waals surface area contributed by atoms with Gasteiger partial charge in [0.15, 0.2) is 0 Å². The van der Waals surface area contributed by atoms with Crippen LogP contribution in [0.3, 0.4) is 0 Å². The van der Waals surface area contributed by atoms with Gasteiger partial charge in [0, 0.05) is 6.04 Å². The maximum atomic E-state index is 6.33. The van der Waals surface area contributed by atoms with Crippen LogP contribution in [-0.4, -0.2) is 0 Å². The van der Waals surface area contributed by atoms with Gasteiger partial charge in [-0.05, 0) is 50.3 Å². The van der Waals surface area contributed by atoms with Crippen molar-refractivity contribution in [2.45, 2.75) is 39.7 Å². The van der Waals surface area contributed by atoms with Crippen molar-refractivity contribution in [2.75, 3.05) is 0 Å². The third-order valence-electron chi connectivity index (χ3n) is 3.66. The van der Waals surface area contributed by atoms with Crippen LogP contribution in [-0.2, 0) is 6.42 Å². The Labute approximate surface area is 116 Å². The molecule has 2 rings (SSSR count). The third-order valence-corrected chi connectivity index (χ3v) is 3.66. The van der Waals surface area contributed by atoms with Crippen molar-refractivity contribution in [3.8, 4) is 0 Å². The molecular formula is C18H23N. The molecule has 0 spiro atoms. The van der Waals surface area contributed by atoms with Gasteiger partial charge >= 0.3 is 0 Å². The van der Waals surface area contributed by atoms with Crippen LogP contribution in [0.15, 0.2) is 42.5 Å². The van der Waals surface area contributed by atoms with Crippen LogP contribution >= 0.6 is 0 Å². The maximum Gasteiger partial charge on any atom is 0.0298 e. The molecule has 100 valence electrons. The predicted molar refractivity (Wildman–Crippen MR) is 82.3 cm³/mol. The minimum atomic E-state index is 0.123. The number of nitrogens with two attached hydrogens (primary N) is 1. The predicted octanol–water partition coefficient (Wildman–Crippen LogP) is 4.24. The van der Waals surface area contributed by atoms with E-state index in [-0.39, 0.29) is 6.04 Å². The highest BCUT2D eigenvalue weighted by Crippen LogP contribution is 2.20. The smallest absolute Gasteiger partial charge is 0.0298 e. The quantitative estimate of drug-likeness (QED) is 0.866. The topological polar surface area (TPSA) is 26.0 Å². The van der Waals surface area contributed by atoms with Crippen LogP contribution in [0.5, 0.6) is 0 Å². The minimum Gasteiger partial charge on any atom is -0.324 e. The van der Waals surface area contributed by atoms with Crippen LogP contribution in [0.2, 0.25) is 0 Å². The first kappa shape index (κ1) is 13.8.